The average molecular weight is 470 g/mol. The lowest BCUT2D eigenvalue weighted by Crippen LogP contribution is -2.45. The Bertz CT molecular complexity index is 1430. The Balaban J connectivity index is 1.43. The van der Waals surface area contributed by atoms with Gasteiger partial charge in [0.25, 0.3) is 0 Å². The lowest BCUT2D eigenvalue weighted by molar-refractivity contribution is 0.311. The number of pyridine rings is 1. The number of hydrogen-bond acceptors (Lipinski definition) is 8. The molecule has 0 spiro atoms. The number of piperazine rings is 1. The predicted octanol–water partition coefficient (Wildman–Crippen LogP) is 3.54. The minimum atomic E-state index is 0.437. The highest BCUT2D eigenvalue weighted by Gasteiger charge is 2.21. The van der Waals surface area contributed by atoms with Gasteiger partial charge in [0, 0.05) is 71.7 Å². The number of nitrogens with zero attached hydrogens (tertiary/aromatic N) is 5. The molecule has 6 rings (SSSR count). The maximum absolute atomic E-state index is 5.75. The SMILES string of the molecule is C#Cc1cc(-c2ccc3c(ccc4sc5c(c43)NC[C@@H](C)NC5)n2)nc(N2CCN(C)CC2)n1. The third-order valence-electron chi connectivity index (χ3n) is 6.70. The molecule has 0 bridgehead atoms. The minimum absolute atomic E-state index is 0.437. The summed E-state index contributed by atoms with van der Waals surface area (Å²) in [6.07, 6.45) is 5.75. The number of aromatic nitrogens is 3. The Hall–Kier alpha value is -3.25. The molecule has 3 aromatic heterocycles. The topological polar surface area (TPSA) is 69.2 Å². The smallest absolute Gasteiger partial charge is 0.227 e. The summed E-state index contributed by atoms with van der Waals surface area (Å²) in [7, 11) is 2.14. The van der Waals surface area contributed by atoms with Gasteiger partial charge in [0.15, 0.2) is 0 Å². The molecule has 8 heteroatoms. The van der Waals surface area contributed by atoms with Gasteiger partial charge in [0.2, 0.25) is 5.95 Å². The van der Waals surface area contributed by atoms with E-state index in [-0.39, 0.29) is 0 Å². The van der Waals surface area contributed by atoms with Gasteiger partial charge in [-0.3, -0.25) is 0 Å². The van der Waals surface area contributed by atoms with Crippen LogP contribution in [0.3, 0.4) is 0 Å². The molecule has 0 radical (unpaired) electrons. The Labute approximate surface area is 203 Å². The number of nitrogens with one attached hydrogen (secondary N) is 2. The molecule has 2 N–H and O–H groups in total. The van der Waals surface area contributed by atoms with E-state index in [1.165, 1.54) is 20.7 Å². The van der Waals surface area contributed by atoms with Gasteiger partial charge < -0.3 is 20.4 Å². The number of thiophene rings is 1. The summed E-state index contributed by atoms with van der Waals surface area (Å²) >= 11 is 1.85. The van der Waals surface area contributed by atoms with Crippen LogP contribution in [0.1, 0.15) is 17.5 Å². The molecule has 2 aliphatic heterocycles. The van der Waals surface area contributed by atoms with Crippen LogP contribution in [0, 0.1) is 12.3 Å². The molecule has 7 nitrogen and oxygen atoms in total. The summed E-state index contributed by atoms with van der Waals surface area (Å²) in [5.74, 6) is 3.38. The van der Waals surface area contributed by atoms with E-state index in [0.29, 0.717) is 17.7 Å². The summed E-state index contributed by atoms with van der Waals surface area (Å²) in [6, 6.07) is 10.8. The van der Waals surface area contributed by atoms with Crippen molar-refractivity contribution in [3.63, 3.8) is 0 Å². The van der Waals surface area contributed by atoms with Crippen LogP contribution in [0.25, 0.3) is 32.4 Å². The lowest BCUT2D eigenvalue weighted by atomic mass is 10.1. The fourth-order valence-corrected chi connectivity index (χ4v) is 5.83. The quantitative estimate of drug-likeness (QED) is 0.435. The van der Waals surface area contributed by atoms with Gasteiger partial charge in [-0.2, -0.15) is 0 Å². The fraction of sp³-hybridized carbons (Fsp3) is 0.346. The van der Waals surface area contributed by atoms with Crippen LogP contribution < -0.4 is 15.5 Å². The zero-order valence-electron chi connectivity index (χ0n) is 19.4. The van der Waals surface area contributed by atoms with Crippen molar-refractivity contribution in [3.05, 3.63) is 40.9 Å². The van der Waals surface area contributed by atoms with Crippen molar-refractivity contribution in [2.45, 2.75) is 19.5 Å². The number of rotatable bonds is 2. The first-order chi connectivity index (χ1) is 16.6. The van der Waals surface area contributed by atoms with Crippen molar-refractivity contribution in [1.82, 2.24) is 25.2 Å². The Kier molecular flexibility index (Phi) is 5.33. The Morgan fingerprint density at radius 2 is 1.91 bits per heavy atom. The van der Waals surface area contributed by atoms with E-state index in [1.54, 1.807) is 0 Å². The molecule has 34 heavy (non-hydrogen) atoms. The number of benzene rings is 1. The summed E-state index contributed by atoms with van der Waals surface area (Å²) in [5, 5.41) is 9.67. The summed E-state index contributed by atoms with van der Waals surface area (Å²) < 4.78 is 1.28. The molecule has 172 valence electrons. The van der Waals surface area contributed by atoms with E-state index in [4.69, 9.17) is 16.4 Å². The van der Waals surface area contributed by atoms with E-state index >= 15 is 0 Å². The second kappa shape index (κ2) is 8.51. The molecule has 1 aromatic carbocycles. The first kappa shape index (κ1) is 21.3. The zero-order valence-corrected chi connectivity index (χ0v) is 20.2. The van der Waals surface area contributed by atoms with Crippen molar-refractivity contribution in [2.75, 3.05) is 50.0 Å². The zero-order chi connectivity index (χ0) is 23.2. The molecule has 1 atom stereocenters. The molecule has 1 fully saturated rings. The van der Waals surface area contributed by atoms with Crippen molar-refractivity contribution in [2.24, 2.45) is 0 Å². The largest absolute Gasteiger partial charge is 0.382 e. The van der Waals surface area contributed by atoms with Crippen molar-refractivity contribution < 1.29 is 0 Å². The number of likely N-dealkylation sites (N-methyl/N-ethyl adjacent to an activating group) is 1. The molecular weight excluding hydrogens is 442 g/mol. The first-order valence-corrected chi connectivity index (χ1v) is 12.5. The Morgan fingerprint density at radius 3 is 2.74 bits per heavy atom. The monoisotopic (exact) mass is 469 g/mol. The van der Waals surface area contributed by atoms with Gasteiger partial charge in [-0.05, 0) is 38.2 Å². The highest BCUT2D eigenvalue weighted by Crippen LogP contribution is 2.41. The molecule has 5 heterocycles. The fourth-order valence-electron chi connectivity index (χ4n) is 4.69. The molecule has 2 aliphatic rings. The molecular formula is C26H27N7S. The second-order valence-corrected chi connectivity index (χ2v) is 10.3. The number of terminal acetylenes is 1. The average Bonchev–Trinajstić information content (AvgIpc) is 3.13. The minimum Gasteiger partial charge on any atom is -0.382 e. The maximum atomic E-state index is 5.75. The van der Waals surface area contributed by atoms with Crippen molar-refractivity contribution >= 4 is 44.0 Å². The van der Waals surface area contributed by atoms with Crippen molar-refractivity contribution in [1.29, 1.82) is 0 Å². The molecule has 0 amide bonds. The maximum Gasteiger partial charge on any atom is 0.227 e. The van der Waals surface area contributed by atoms with Crippen LogP contribution in [0.2, 0.25) is 0 Å². The van der Waals surface area contributed by atoms with E-state index in [2.05, 4.69) is 69.6 Å². The van der Waals surface area contributed by atoms with Gasteiger partial charge in [-0.25, -0.2) is 15.0 Å². The normalized spacial score (nSPS) is 19.0. The van der Waals surface area contributed by atoms with Crippen LogP contribution in [0.15, 0.2) is 30.3 Å². The predicted molar refractivity (Wildman–Crippen MR) is 141 cm³/mol. The van der Waals surface area contributed by atoms with Crippen LogP contribution in [0.4, 0.5) is 11.6 Å². The number of anilines is 2. The first-order valence-electron chi connectivity index (χ1n) is 11.7. The van der Waals surface area contributed by atoms with E-state index < -0.39 is 0 Å². The third kappa shape index (κ3) is 3.76. The van der Waals surface area contributed by atoms with Crippen molar-refractivity contribution in [3.8, 4) is 23.7 Å². The van der Waals surface area contributed by atoms with Crippen LogP contribution in [0.5, 0.6) is 0 Å². The summed E-state index contributed by atoms with van der Waals surface area (Å²) in [5.41, 5.74) is 4.36. The van der Waals surface area contributed by atoms with Crippen LogP contribution in [-0.4, -0.2) is 65.7 Å². The summed E-state index contributed by atoms with van der Waals surface area (Å²) in [6.45, 7) is 7.74. The van der Waals surface area contributed by atoms with E-state index in [1.807, 2.05) is 17.4 Å². The van der Waals surface area contributed by atoms with Gasteiger partial charge >= 0.3 is 0 Å². The van der Waals surface area contributed by atoms with Gasteiger partial charge in [0.1, 0.15) is 5.69 Å². The molecule has 4 aromatic rings. The van der Waals surface area contributed by atoms with E-state index in [9.17, 15) is 0 Å². The van der Waals surface area contributed by atoms with Crippen LogP contribution in [-0.2, 0) is 6.54 Å². The van der Waals surface area contributed by atoms with Gasteiger partial charge in [-0.1, -0.05) is 5.92 Å². The van der Waals surface area contributed by atoms with Gasteiger partial charge in [-0.15, -0.1) is 17.8 Å². The molecule has 0 saturated carbocycles. The van der Waals surface area contributed by atoms with E-state index in [0.717, 1.165) is 61.6 Å². The third-order valence-corrected chi connectivity index (χ3v) is 7.86. The highest BCUT2D eigenvalue weighted by atomic mass is 32.1. The summed E-state index contributed by atoms with van der Waals surface area (Å²) in [4.78, 5) is 20.4. The lowest BCUT2D eigenvalue weighted by Gasteiger charge is -2.32. The molecule has 0 aliphatic carbocycles. The van der Waals surface area contributed by atoms with Gasteiger partial charge in [0.05, 0.1) is 22.6 Å². The standard InChI is InChI=1S/C26H27N7S/c1-4-17-13-21(31-26(29-17)33-11-9-32(3)10-12-33)20-6-5-18-19(30-20)7-8-22-24(18)25-23(34-22)15-27-16(2)14-28-25/h1,5-8,13,16,27-28H,9-12,14-15H2,2-3H3/t16-/m1/s1. The highest BCUT2D eigenvalue weighted by molar-refractivity contribution is 7.20. The molecule has 0 unspecified atom stereocenters. The number of hydrogen-bond donors (Lipinski definition) is 2. The Morgan fingerprint density at radius 1 is 1.06 bits per heavy atom. The van der Waals surface area contributed by atoms with Crippen LogP contribution >= 0.6 is 11.3 Å². The number of fused-ring (bicyclic) bond motifs is 5. The second-order valence-electron chi connectivity index (χ2n) is 9.14. The molecule has 1 saturated heterocycles.